The molecule has 7 heteroatoms. The topological polar surface area (TPSA) is 79.8 Å². The van der Waals surface area contributed by atoms with Crippen molar-refractivity contribution in [3.63, 3.8) is 0 Å². The van der Waals surface area contributed by atoms with E-state index < -0.39 is 5.54 Å². The molecular weight excluding hydrogens is 392 g/mol. The van der Waals surface area contributed by atoms with Gasteiger partial charge in [-0.15, -0.1) is 0 Å². The van der Waals surface area contributed by atoms with Crippen LogP contribution in [0.3, 0.4) is 0 Å². The van der Waals surface area contributed by atoms with Crippen molar-refractivity contribution >= 4 is 23.2 Å². The van der Waals surface area contributed by atoms with E-state index in [1.54, 1.807) is 6.07 Å². The van der Waals surface area contributed by atoms with Crippen LogP contribution in [0.1, 0.15) is 31.9 Å². The average Bonchev–Trinajstić information content (AvgIpc) is 2.68. The average molecular weight is 421 g/mol. The fraction of sp³-hybridized carbons (Fsp3) is 0.409. The Labute approximate surface area is 177 Å². The highest BCUT2D eigenvalue weighted by atomic mass is 35.5. The standard InChI is InChI=1S/C22H29ClN2O4/c1-5-28-19-11-16(12-24-22(3,4)14-26)10-18(23)21(19)29-13-20(27)25-17-8-6-15(2)7-9-17/h6-11,24,26H,5,12-14H2,1-4H3,(H,25,27). The van der Waals surface area contributed by atoms with Crippen LogP contribution in [0.5, 0.6) is 11.5 Å². The molecule has 6 nitrogen and oxygen atoms in total. The highest BCUT2D eigenvalue weighted by Gasteiger charge is 2.18. The van der Waals surface area contributed by atoms with Gasteiger partial charge in [0.05, 0.1) is 18.2 Å². The fourth-order valence-electron chi connectivity index (χ4n) is 2.50. The van der Waals surface area contributed by atoms with Gasteiger partial charge in [0.15, 0.2) is 18.1 Å². The number of aryl methyl sites for hydroxylation is 1. The molecule has 0 aliphatic heterocycles. The normalized spacial score (nSPS) is 11.2. The number of halogens is 1. The molecule has 0 aromatic heterocycles. The van der Waals surface area contributed by atoms with Crippen LogP contribution in [-0.4, -0.2) is 36.4 Å². The minimum absolute atomic E-state index is 0.0103. The Balaban J connectivity index is 2.06. The van der Waals surface area contributed by atoms with Gasteiger partial charge in [0.25, 0.3) is 5.91 Å². The number of ether oxygens (including phenoxy) is 2. The van der Waals surface area contributed by atoms with E-state index in [1.165, 1.54) is 0 Å². The number of aliphatic hydroxyl groups is 1. The van der Waals surface area contributed by atoms with E-state index in [9.17, 15) is 9.90 Å². The summed E-state index contributed by atoms with van der Waals surface area (Å²) in [5, 5.41) is 15.8. The summed E-state index contributed by atoms with van der Waals surface area (Å²) < 4.78 is 11.3. The van der Waals surface area contributed by atoms with Crippen molar-refractivity contribution in [2.75, 3.05) is 25.1 Å². The monoisotopic (exact) mass is 420 g/mol. The van der Waals surface area contributed by atoms with Gasteiger partial charge in [-0.1, -0.05) is 29.3 Å². The molecule has 2 aromatic rings. The van der Waals surface area contributed by atoms with Crippen LogP contribution >= 0.6 is 11.6 Å². The zero-order valence-corrected chi connectivity index (χ0v) is 18.1. The highest BCUT2D eigenvalue weighted by Crippen LogP contribution is 2.36. The lowest BCUT2D eigenvalue weighted by Gasteiger charge is -2.24. The van der Waals surface area contributed by atoms with Crippen LogP contribution in [0, 0.1) is 6.92 Å². The quantitative estimate of drug-likeness (QED) is 0.542. The van der Waals surface area contributed by atoms with Crippen molar-refractivity contribution < 1.29 is 19.4 Å². The Morgan fingerprint density at radius 1 is 1.17 bits per heavy atom. The first-order chi connectivity index (χ1) is 13.7. The summed E-state index contributed by atoms with van der Waals surface area (Å²) in [7, 11) is 0. The Morgan fingerprint density at radius 3 is 2.48 bits per heavy atom. The van der Waals surface area contributed by atoms with Crippen LogP contribution in [0.15, 0.2) is 36.4 Å². The molecule has 29 heavy (non-hydrogen) atoms. The summed E-state index contributed by atoms with van der Waals surface area (Å²) in [4.78, 5) is 12.2. The summed E-state index contributed by atoms with van der Waals surface area (Å²) in [6, 6.07) is 11.1. The number of anilines is 1. The third-order valence-electron chi connectivity index (χ3n) is 4.22. The molecule has 2 rings (SSSR count). The molecule has 158 valence electrons. The van der Waals surface area contributed by atoms with E-state index >= 15 is 0 Å². The Hall–Kier alpha value is -2.28. The molecule has 0 radical (unpaired) electrons. The van der Waals surface area contributed by atoms with Crippen LogP contribution in [0.2, 0.25) is 5.02 Å². The van der Waals surface area contributed by atoms with Gasteiger partial charge in [0, 0.05) is 17.8 Å². The summed E-state index contributed by atoms with van der Waals surface area (Å²) in [5.74, 6) is 0.516. The highest BCUT2D eigenvalue weighted by molar-refractivity contribution is 6.32. The molecule has 0 aliphatic rings. The van der Waals surface area contributed by atoms with E-state index in [0.717, 1.165) is 11.1 Å². The molecule has 0 fully saturated rings. The van der Waals surface area contributed by atoms with Gasteiger partial charge in [0.1, 0.15) is 0 Å². The maximum atomic E-state index is 12.2. The Morgan fingerprint density at radius 2 is 1.86 bits per heavy atom. The number of rotatable bonds is 10. The van der Waals surface area contributed by atoms with Gasteiger partial charge < -0.3 is 25.2 Å². The second-order valence-electron chi connectivity index (χ2n) is 7.44. The number of aliphatic hydroxyl groups excluding tert-OH is 1. The van der Waals surface area contributed by atoms with Gasteiger partial charge in [-0.2, -0.15) is 0 Å². The summed E-state index contributed by atoms with van der Waals surface area (Å²) in [6.45, 7) is 8.41. The molecule has 0 saturated carbocycles. The number of carbonyl (C=O) groups is 1. The van der Waals surface area contributed by atoms with E-state index in [2.05, 4.69) is 10.6 Å². The number of carbonyl (C=O) groups excluding carboxylic acids is 1. The minimum atomic E-state index is -0.415. The van der Waals surface area contributed by atoms with Gasteiger partial charge >= 0.3 is 0 Å². The molecule has 0 spiro atoms. The first-order valence-electron chi connectivity index (χ1n) is 9.54. The smallest absolute Gasteiger partial charge is 0.262 e. The summed E-state index contributed by atoms with van der Waals surface area (Å²) >= 11 is 6.40. The van der Waals surface area contributed by atoms with E-state index in [-0.39, 0.29) is 19.1 Å². The molecular formula is C22H29ClN2O4. The number of nitrogens with one attached hydrogen (secondary N) is 2. The van der Waals surface area contributed by atoms with Crippen molar-refractivity contribution in [2.45, 2.75) is 39.8 Å². The van der Waals surface area contributed by atoms with Crippen LogP contribution in [0.25, 0.3) is 0 Å². The summed E-state index contributed by atoms with van der Waals surface area (Å²) in [6.07, 6.45) is 0. The number of hydrogen-bond donors (Lipinski definition) is 3. The van der Waals surface area contributed by atoms with E-state index in [1.807, 2.05) is 58.0 Å². The van der Waals surface area contributed by atoms with Crippen LogP contribution < -0.4 is 20.1 Å². The van der Waals surface area contributed by atoms with Crippen LogP contribution in [0.4, 0.5) is 5.69 Å². The summed E-state index contributed by atoms with van der Waals surface area (Å²) in [5.41, 5.74) is 2.29. The number of hydrogen-bond acceptors (Lipinski definition) is 5. The third kappa shape index (κ3) is 7.24. The second-order valence-corrected chi connectivity index (χ2v) is 7.84. The molecule has 0 unspecified atom stereocenters. The van der Waals surface area contributed by atoms with Crippen molar-refractivity contribution in [1.29, 1.82) is 0 Å². The first kappa shape index (κ1) is 23.0. The first-order valence-corrected chi connectivity index (χ1v) is 9.92. The fourth-order valence-corrected chi connectivity index (χ4v) is 2.78. The predicted molar refractivity (Wildman–Crippen MR) is 116 cm³/mol. The van der Waals surface area contributed by atoms with Gasteiger partial charge in [0.2, 0.25) is 0 Å². The SMILES string of the molecule is CCOc1cc(CNC(C)(C)CO)cc(Cl)c1OCC(=O)Nc1ccc(C)cc1. The molecule has 0 saturated heterocycles. The number of amides is 1. The molecule has 0 atom stereocenters. The lowest BCUT2D eigenvalue weighted by Crippen LogP contribution is -2.42. The molecule has 1 amide bonds. The maximum Gasteiger partial charge on any atom is 0.262 e. The maximum absolute atomic E-state index is 12.2. The van der Waals surface area contributed by atoms with Gasteiger partial charge in [-0.3, -0.25) is 4.79 Å². The third-order valence-corrected chi connectivity index (χ3v) is 4.50. The second kappa shape index (κ2) is 10.5. The lowest BCUT2D eigenvalue weighted by molar-refractivity contribution is -0.118. The molecule has 0 heterocycles. The minimum Gasteiger partial charge on any atom is -0.490 e. The molecule has 3 N–H and O–H groups in total. The predicted octanol–water partition coefficient (Wildman–Crippen LogP) is 3.93. The molecule has 0 aliphatic carbocycles. The molecule has 2 aromatic carbocycles. The van der Waals surface area contributed by atoms with Gasteiger partial charge in [-0.25, -0.2) is 0 Å². The zero-order valence-electron chi connectivity index (χ0n) is 17.3. The zero-order chi connectivity index (χ0) is 21.4. The largest absolute Gasteiger partial charge is 0.490 e. The van der Waals surface area contributed by atoms with Crippen molar-refractivity contribution in [2.24, 2.45) is 0 Å². The lowest BCUT2D eigenvalue weighted by atomic mass is 10.1. The van der Waals surface area contributed by atoms with Crippen LogP contribution in [-0.2, 0) is 11.3 Å². The Kier molecular flexibility index (Phi) is 8.32. The van der Waals surface area contributed by atoms with Crippen molar-refractivity contribution in [3.05, 3.63) is 52.5 Å². The Bertz CT molecular complexity index is 822. The van der Waals surface area contributed by atoms with Gasteiger partial charge in [-0.05, 0) is 57.5 Å². The van der Waals surface area contributed by atoms with E-state index in [0.29, 0.717) is 35.4 Å². The van der Waals surface area contributed by atoms with Crippen molar-refractivity contribution in [3.8, 4) is 11.5 Å². The van der Waals surface area contributed by atoms with E-state index in [4.69, 9.17) is 21.1 Å². The van der Waals surface area contributed by atoms with Crippen molar-refractivity contribution in [1.82, 2.24) is 5.32 Å². The molecule has 0 bridgehead atoms. The number of benzene rings is 2.